The lowest BCUT2D eigenvalue weighted by atomic mass is 9.89. The van der Waals surface area contributed by atoms with Crippen molar-refractivity contribution in [1.29, 1.82) is 0 Å². The van der Waals surface area contributed by atoms with Crippen LogP contribution in [0.2, 0.25) is 10.0 Å². The fourth-order valence-electron chi connectivity index (χ4n) is 2.19. The molecule has 0 atom stereocenters. The van der Waals surface area contributed by atoms with Gasteiger partial charge >= 0.3 is 7.12 Å². The predicted molar refractivity (Wildman–Crippen MR) is 106 cm³/mol. The summed E-state index contributed by atoms with van der Waals surface area (Å²) in [4.78, 5) is 0. The van der Waals surface area contributed by atoms with E-state index >= 15 is 0 Å². The summed E-state index contributed by atoms with van der Waals surface area (Å²) in [5.41, 5.74) is -0.206. The lowest BCUT2D eigenvalue weighted by Gasteiger charge is -2.32. The number of benzene rings is 1. The van der Waals surface area contributed by atoms with Gasteiger partial charge in [0.25, 0.3) is 0 Å². The Hall–Kier alpha value is -0.875. The molecule has 7 heteroatoms. The van der Waals surface area contributed by atoms with Crippen molar-refractivity contribution in [3.05, 3.63) is 27.7 Å². The Morgan fingerprint density at radius 3 is 1.68 bits per heavy atom. The number of hydrogen-bond donors (Lipinski definition) is 0. The van der Waals surface area contributed by atoms with Gasteiger partial charge in [0.2, 0.25) is 0 Å². The van der Waals surface area contributed by atoms with Crippen LogP contribution in [0, 0.1) is 0 Å². The smallest absolute Gasteiger partial charge is 0.487 e. The summed E-state index contributed by atoms with van der Waals surface area (Å²) in [5, 5.41) is 0.817. The maximum absolute atomic E-state index is 6.34. The highest BCUT2D eigenvalue weighted by molar-refractivity contribution is 6.53. The minimum atomic E-state index is -0.482. The molecule has 1 fully saturated rings. The number of methoxy groups -OCH3 is 2. The molecule has 0 aliphatic carbocycles. The minimum Gasteiger partial charge on any atom is -0.495 e. The maximum atomic E-state index is 6.34. The lowest BCUT2D eigenvalue weighted by Crippen LogP contribution is -2.41. The minimum absolute atomic E-state index is 0.401. The van der Waals surface area contributed by atoms with Crippen LogP contribution in [0.25, 0.3) is 6.08 Å². The Morgan fingerprint density at radius 2 is 1.32 bits per heavy atom. The summed E-state index contributed by atoms with van der Waals surface area (Å²) in [6.07, 6.45) is 1.76. The van der Waals surface area contributed by atoms with Gasteiger partial charge in [-0.05, 0) is 27.7 Å². The van der Waals surface area contributed by atoms with Crippen LogP contribution >= 0.6 is 23.2 Å². The molecule has 0 saturated carbocycles. The molecule has 0 amide bonds. The van der Waals surface area contributed by atoms with E-state index in [9.17, 15) is 0 Å². The van der Waals surface area contributed by atoms with Gasteiger partial charge in [-0.3, -0.25) is 0 Å². The molecule has 0 unspecified atom stereocenters. The molecule has 25 heavy (non-hydrogen) atoms. The van der Waals surface area contributed by atoms with E-state index in [2.05, 4.69) is 0 Å². The Bertz CT molecular complexity index is 586. The predicted octanol–water partition coefficient (Wildman–Crippen LogP) is 5.68. The normalized spacial score (nSPS) is 18.1. The highest BCUT2D eigenvalue weighted by atomic mass is 35.5. The quantitative estimate of drug-likeness (QED) is 0.621. The largest absolute Gasteiger partial charge is 0.495 e. The summed E-state index contributed by atoms with van der Waals surface area (Å²) in [7, 11) is 2.59. The van der Waals surface area contributed by atoms with Gasteiger partial charge in [-0.15, -0.1) is 0 Å². The van der Waals surface area contributed by atoms with Crippen molar-refractivity contribution in [2.75, 3.05) is 14.2 Å². The van der Waals surface area contributed by atoms with Crippen molar-refractivity contribution in [2.24, 2.45) is 0 Å². The first-order chi connectivity index (χ1) is 11.6. The van der Waals surface area contributed by atoms with Crippen LogP contribution in [0.5, 0.6) is 11.5 Å². The highest BCUT2D eigenvalue weighted by Crippen LogP contribution is 2.42. The zero-order valence-corrected chi connectivity index (χ0v) is 17.7. The molecule has 2 rings (SSSR count). The highest BCUT2D eigenvalue weighted by Gasteiger charge is 2.50. The molecule has 0 N–H and O–H groups in total. The average Bonchev–Trinajstić information content (AvgIpc) is 2.76. The standard InChI is InChI=1S/C16H21BCl2O4.C2H6/c1-15(2)16(3,4)23-17(22-15)8-7-10-13(18)11(20-5)9-12(21-6)14(10)19;1-2/h7-9H,1-6H3;1-2H3/b8-7+;. The van der Waals surface area contributed by atoms with E-state index in [4.69, 9.17) is 42.0 Å². The Balaban J connectivity index is 0.00000151. The van der Waals surface area contributed by atoms with E-state index in [0.29, 0.717) is 27.1 Å². The fourth-order valence-corrected chi connectivity index (χ4v) is 2.82. The molecule has 4 nitrogen and oxygen atoms in total. The van der Waals surface area contributed by atoms with Crippen molar-refractivity contribution in [3.63, 3.8) is 0 Å². The topological polar surface area (TPSA) is 36.9 Å². The molecule has 1 aromatic carbocycles. The molecule has 1 aliphatic heterocycles. The first kappa shape index (κ1) is 22.2. The van der Waals surface area contributed by atoms with Crippen LogP contribution in [0.15, 0.2) is 12.0 Å². The maximum Gasteiger partial charge on any atom is 0.487 e. The van der Waals surface area contributed by atoms with Crippen LogP contribution in [0.3, 0.4) is 0 Å². The van der Waals surface area contributed by atoms with Crippen molar-refractivity contribution >= 4 is 36.4 Å². The van der Waals surface area contributed by atoms with Gasteiger partial charge in [0, 0.05) is 11.6 Å². The number of rotatable bonds is 4. The van der Waals surface area contributed by atoms with Gasteiger partial charge in [-0.2, -0.15) is 0 Å². The zero-order chi connectivity index (χ0) is 19.4. The van der Waals surface area contributed by atoms with E-state index in [1.54, 1.807) is 18.1 Å². The molecule has 0 aromatic heterocycles. The second-order valence-electron chi connectivity index (χ2n) is 6.31. The Labute approximate surface area is 161 Å². The first-order valence-electron chi connectivity index (χ1n) is 8.27. The summed E-state index contributed by atoms with van der Waals surface area (Å²) < 4.78 is 22.4. The molecular weight excluding hydrogens is 362 g/mol. The van der Waals surface area contributed by atoms with Crippen LogP contribution in [0.1, 0.15) is 47.1 Å². The Morgan fingerprint density at radius 1 is 0.920 bits per heavy atom. The average molecular weight is 389 g/mol. The monoisotopic (exact) mass is 388 g/mol. The third-order valence-electron chi connectivity index (χ3n) is 4.30. The van der Waals surface area contributed by atoms with E-state index < -0.39 is 18.3 Å². The van der Waals surface area contributed by atoms with Gasteiger partial charge in [0.15, 0.2) is 0 Å². The van der Waals surface area contributed by atoms with Gasteiger partial charge in [0.05, 0.1) is 35.5 Å². The number of hydrogen-bond acceptors (Lipinski definition) is 4. The summed E-state index contributed by atoms with van der Waals surface area (Å²) in [6, 6.07) is 1.65. The molecule has 0 bridgehead atoms. The summed E-state index contributed by atoms with van der Waals surface area (Å²) >= 11 is 12.7. The van der Waals surface area contributed by atoms with Gasteiger partial charge in [-0.25, -0.2) is 0 Å². The second kappa shape index (κ2) is 8.67. The molecule has 1 aromatic rings. The van der Waals surface area contributed by atoms with Gasteiger partial charge in [0.1, 0.15) is 11.5 Å². The molecular formula is C18H27BCl2O4. The number of ether oxygens (including phenoxy) is 2. The zero-order valence-electron chi connectivity index (χ0n) is 16.2. The summed E-state index contributed by atoms with van der Waals surface area (Å²) in [6.45, 7) is 12.0. The molecule has 1 heterocycles. The van der Waals surface area contributed by atoms with E-state index in [1.165, 1.54) is 14.2 Å². The van der Waals surface area contributed by atoms with Crippen LogP contribution in [-0.2, 0) is 9.31 Å². The van der Waals surface area contributed by atoms with Crippen molar-refractivity contribution in [1.82, 2.24) is 0 Å². The first-order valence-corrected chi connectivity index (χ1v) is 9.02. The molecule has 0 radical (unpaired) electrons. The SMILES string of the molecule is CC.COc1cc(OC)c(Cl)c(/C=C/B2OC(C)(C)C(C)(C)O2)c1Cl. The lowest BCUT2D eigenvalue weighted by molar-refractivity contribution is 0.00578. The van der Waals surface area contributed by atoms with Crippen LogP contribution in [-0.4, -0.2) is 32.5 Å². The molecule has 140 valence electrons. The van der Waals surface area contributed by atoms with Crippen LogP contribution < -0.4 is 9.47 Å². The molecule has 1 saturated heterocycles. The van der Waals surface area contributed by atoms with E-state index in [0.717, 1.165) is 0 Å². The van der Waals surface area contributed by atoms with Gasteiger partial charge in [-0.1, -0.05) is 49.1 Å². The van der Waals surface area contributed by atoms with Crippen molar-refractivity contribution in [3.8, 4) is 11.5 Å². The Kier molecular flexibility index (Phi) is 7.69. The van der Waals surface area contributed by atoms with Crippen LogP contribution in [0.4, 0.5) is 0 Å². The molecule has 1 aliphatic rings. The van der Waals surface area contributed by atoms with Crippen molar-refractivity contribution in [2.45, 2.75) is 52.7 Å². The van der Waals surface area contributed by atoms with Gasteiger partial charge < -0.3 is 18.8 Å². The summed E-state index contributed by atoms with van der Waals surface area (Å²) in [5.74, 6) is 2.76. The number of halogens is 2. The third-order valence-corrected chi connectivity index (χ3v) is 5.08. The molecule has 0 spiro atoms. The second-order valence-corrected chi connectivity index (χ2v) is 7.06. The van der Waals surface area contributed by atoms with E-state index in [1.807, 2.05) is 41.5 Å². The van der Waals surface area contributed by atoms with E-state index in [-0.39, 0.29) is 0 Å². The fraction of sp³-hybridized carbons (Fsp3) is 0.556. The van der Waals surface area contributed by atoms with Crippen molar-refractivity contribution < 1.29 is 18.8 Å². The third kappa shape index (κ3) is 4.65.